The van der Waals surface area contributed by atoms with Gasteiger partial charge in [0.1, 0.15) is 5.82 Å². The van der Waals surface area contributed by atoms with E-state index in [0.717, 1.165) is 44.7 Å². The van der Waals surface area contributed by atoms with Crippen LogP contribution < -0.4 is 0 Å². The Morgan fingerprint density at radius 1 is 0.964 bits per heavy atom. The smallest absolute Gasteiger partial charge is 0.237 e. The number of piperazine rings is 1. The summed E-state index contributed by atoms with van der Waals surface area (Å²) in [5, 5.41) is 0. The quantitative estimate of drug-likeness (QED) is 0.701. The maximum atomic E-state index is 13.4. The topological polar surface area (TPSA) is 26.8 Å². The molecule has 0 N–H and O–H groups in total. The SMILES string of the molecule is CCN(Cc1cccc(F)c1)C(=O)CN1CCN(CCc2ccccc2)CC1. The molecular weight excluding hydrogens is 353 g/mol. The van der Waals surface area contributed by atoms with Crippen molar-refractivity contribution in [3.63, 3.8) is 0 Å². The molecule has 1 heterocycles. The lowest BCUT2D eigenvalue weighted by atomic mass is 10.1. The van der Waals surface area contributed by atoms with Crippen molar-refractivity contribution in [3.8, 4) is 0 Å². The van der Waals surface area contributed by atoms with Crippen molar-refractivity contribution in [2.45, 2.75) is 19.9 Å². The van der Waals surface area contributed by atoms with Crippen molar-refractivity contribution in [3.05, 3.63) is 71.5 Å². The minimum Gasteiger partial charge on any atom is -0.338 e. The van der Waals surface area contributed by atoms with Gasteiger partial charge in [0.05, 0.1) is 6.54 Å². The van der Waals surface area contributed by atoms with E-state index in [1.54, 1.807) is 11.0 Å². The van der Waals surface area contributed by atoms with E-state index in [0.29, 0.717) is 19.6 Å². The molecule has 0 saturated carbocycles. The van der Waals surface area contributed by atoms with Gasteiger partial charge < -0.3 is 9.80 Å². The van der Waals surface area contributed by atoms with E-state index >= 15 is 0 Å². The van der Waals surface area contributed by atoms with Crippen LogP contribution in [0, 0.1) is 5.82 Å². The number of hydrogen-bond acceptors (Lipinski definition) is 3. The van der Waals surface area contributed by atoms with Crippen molar-refractivity contribution >= 4 is 5.91 Å². The zero-order valence-corrected chi connectivity index (χ0v) is 16.7. The second-order valence-electron chi connectivity index (χ2n) is 7.39. The summed E-state index contributed by atoms with van der Waals surface area (Å²) in [6.07, 6.45) is 1.07. The van der Waals surface area contributed by atoms with Crippen LogP contribution in [0.25, 0.3) is 0 Å². The van der Waals surface area contributed by atoms with E-state index in [-0.39, 0.29) is 11.7 Å². The molecule has 0 aliphatic carbocycles. The van der Waals surface area contributed by atoms with Gasteiger partial charge in [-0.25, -0.2) is 4.39 Å². The van der Waals surface area contributed by atoms with Crippen LogP contribution in [0.1, 0.15) is 18.1 Å². The average molecular weight is 384 g/mol. The zero-order chi connectivity index (χ0) is 19.8. The van der Waals surface area contributed by atoms with Crippen molar-refractivity contribution in [1.82, 2.24) is 14.7 Å². The monoisotopic (exact) mass is 383 g/mol. The van der Waals surface area contributed by atoms with E-state index in [9.17, 15) is 9.18 Å². The van der Waals surface area contributed by atoms with Gasteiger partial charge in [0.2, 0.25) is 5.91 Å². The molecule has 0 spiro atoms. The number of amides is 1. The fourth-order valence-electron chi connectivity index (χ4n) is 3.63. The molecule has 0 bridgehead atoms. The lowest BCUT2D eigenvalue weighted by Gasteiger charge is -2.35. The van der Waals surface area contributed by atoms with Gasteiger partial charge in [0.15, 0.2) is 0 Å². The van der Waals surface area contributed by atoms with Crippen LogP contribution in [-0.2, 0) is 17.8 Å². The molecule has 3 rings (SSSR count). The molecule has 4 nitrogen and oxygen atoms in total. The highest BCUT2D eigenvalue weighted by molar-refractivity contribution is 5.78. The third-order valence-corrected chi connectivity index (χ3v) is 5.38. The first-order chi connectivity index (χ1) is 13.6. The Hall–Kier alpha value is -2.24. The summed E-state index contributed by atoms with van der Waals surface area (Å²) in [5.41, 5.74) is 2.21. The average Bonchev–Trinajstić information content (AvgIpc) is 2.72. The second kappa shape index (κ2) is 10.3. The highest BCUT2D eigenvalue weighted by Gasteiger charge is 2.21. The summed E-state index contributed by atoms with van der Waals surface area (Å²) < 4.78 is 13.4. The molecule has 0 radical (unpaired) electrons. The van der Waals surface area contributed by atoms with E-state index in [1.807, 2.05) is 19.1 Å². The largest absolute Gasteiger partial charge is 0.338 e. The Kier molecular flexibility index (Phi) is 7.57. The number of hydrogen-bond donors (Lipinski definition) is 0. The minimum atomic E-state index is -0.257. The van der Waals surface area contributed by atoms with Gasteiger partial charge in [-0.1, -0.05) is 42.5 Å². The predicted molar refractivity (Wildman–Crippen MR) is 111 cm³/mol. The van der Waals surface area contributed by atoms with Gasteiger partial charge in [0, 0.05) is 45.8 Å². The van der Waals surface area contributed by atoms with Crippen molar-refractivity contribution in [2.75, 3.05) is 45.8 Å². The molecule has 0 unspecified atom stereocenters. The van der Waals surface area contributed by atoms with Gasteiger partial charge in [-0.15, -0.1) is 0 Å². The number of nitrogens with zero attached hydrogens (tertiary/aromatic N) is 3. The van der Waals surface area contributed by atoms with Crippen molar-refractivity contribution in [2.24, 2.45) is 0 Å². The van der Waals surface area contributed by atoms with Gasteiger partial charge >= 0.3 is 0 Å². The lowest BCUT2D eigenvalue weighted by Crippen LogP contribution is -2.50. The molecule has 2 aromatic carbocycles. The van der Waals surface area contributed by atoms with Gasteiger partial charge in [-0.2, -0.15) is 0 Å². The zero-order valence-electron chi connectivity index (χ0n) is 16.7. The van der Waals surface area contributed by atoms with Crippen LogP contribution >= 0.6 is 0 Å². The molecule has 1 aliphatic rings. The van der Waals surface area contributed by atoms with E-state index < -0.39 is 0 Å². The Balaban J connectivity index is 1.42. The molecule has 0 atom stereocenters. The summed E-state index contributed by atoms with van der Waals surface area (Å²) >= 11 is 0. The normalized spacial score (nSPS) is 15.5. The Morgan fingerprint density at radius 2 is 1.64 bits per heavy atom. The summed E-state index contributed by atoms with van der Waals surface area (Å²) in [4.78, 5) is 19.2. The second-order valence-corrected chi connectivity index (χ2v) is 7.39. The molecule has 5 heteroatoms. The fraction of sp³-hybridized carbons (Fsp3) is 0.435. The third-order valence-electron chi connectivity index (χ3n) is 5.38. The Morgan fingerprint density at radius 3 is 2.32 bits per heavy atom. The van der Waals surface area contributed by atoms with Crippen LogP contribution in [0.3, 0.4) is 0 Å². The molecular formula is C23H30FN3O. The van der Waals surface area contributed by atoms with Crippen LogP contribution in [0.15, 0.2) is 54.6 Å². The standard InChI is InChI=1S/C23H30FN3O/c1-2-27(18-21-9-6-10-22(24)17-21)23(28)19-26-15-13-25(14-16-26)12-11-20-7-4-3-5-8-20/h3-10,17H,2,11-16,18-19H2,1H3. The Labute approximate surface area is 167 Å². The molecule has 1 amide bonds. The maximum Gasteiger partial charge on any atom is 0.237 e. The van der Waals surface area contributed by atoms with Crippen LogP contribution in [0.5, 0.6) is 0 Å². The molecule has 2 aromatic rings. The van der Waals surface area contributed by atoms with Crippen LogP contribution in [0.2, 0.25) is 0 Å². The third kappa shape index (κ3) is 6.14. The summed E-state index contributed by atoms with van der Waals surface area (Å²) in [5.74, 6) is -0.142. The van der Waals surface area contributed by atoms with Gasteiger partial charge in [-0.3, -0.25) is 9.69 Å². The molecule has 150 valence electrons. The van der Waals surface area contributed by atoms with Crippen molar-refractivity contribution < 1.29 is 9.18 Å². The van der Waals surface area contributed by atoms with E-state index in [4.69, 9.17) is 0 Å². The first-order valence-corrected chi connectivity index (χ1v) is 10.1. The van der Waals surface area contributed by atoms with Gasteiger partial charge in [-0.05, 0) is 36.6 Å². The molecule has 1 saturated heterocycles. The first-order valence-electron chi connectivity index (χ1n) is 10.1. The fourth-order valence-corrected chi connectivity index (χ4v) is 3.63. The number of carbonyl (C=O) groups is 1. The number of halogens is 1. The molecule has 28 heavy (non-hydrogen) atoms. The van der Waals surface area contributed by atoms with E-state index in [1.165, 1.54) is 17.7 Å². The minimum absolute atomic E-state index is 0.115. The lowest BCUT2D eigenvalue weighted by molar-refractivity contribution is -0.133. The molecule has 1 fully saturated rings. The molecule has 1 aliphatic heterocycles. The van der Waals surface area contributed by atoms with Gasteiger partial charge in [0.25, 0.3) is 0 Å². The summed E-state index contributed by atoms with van der Waals surface area (Å²) in [6.45, 7) is 8.39. The summed E-state index contributed by atoms with van der Waals surface area (Å²) in [7, 11) is 0. The van der Waals surface area contributed by atoms with E-state index in [2.05, 4.69) is 34.1 Å². The molecule has 0 aromatic heterocycles. The van der Waals surface area contributed by atoms with Crippen LogP contribution in [-0.4, -0.2) is 66.4 Å². The Bertz CT molecular complexity index is 745. The summed E-state index contributed by atoms with van der Waals surface area (Å²) in [6, 6.07) is 17.1. The first kappa shape index (κ1) is 20.5. The van der Waals surface area contributed by atoms with Crippen molar-refractivity contribution in [1.29, 1.82) is 0 Å². The highest BCUT2D eigenvalue weighted by atomic mass is 19.1. The predicted octanol–water partition coefficient (Wildman–Crippen LogP) is 3.03. The highest BCUT2D eigenvalue weighted by Crippen LogP contribution is 2.10. The maximum absolute atomic E-state index is 13.4. The number of rotatable bonds is 8. The number of likely N-dealkylation sites (N-methyl/N-ethyl adjacent to an activating group) is 1. The number of benzene rings is 2. The van der Waals surface area contributed by atoms with Crippen LogP contribution in [0.4, 0.5) is 4.39 Å². The number of carbonyl (C=O) groups excluding carboxylic acids is 1.